The lowest BCUT2D eigenvalue weighted by molar-refractivity contribution is -0.870. The summed E-state index contributed by atoms with van der Waals surface area (Å²) in [6.45, 7) is 5.18. The molecule has 0 amide bonds. The minimum atomic E-state index is -4.53. The van der Waals surface area contributed by atoms with Gasteiger partial charge < -0.3 is 27.9 Å². The molecule has 0 heterocycles. The zero-order valence-electron chi connectivity index (χ0n) is 31.4. The Labute approximate surface area is 295 Å². The van der Waals surface area contributed by atoms with E-state index in [4.69, 9.17) is 18.5 Å². The first kappa shape index (κ1) is 46.5. The van der Waals surface area contributed by atoms with Gasteiger partial charge in [-0.25, -0.2) is 0 Å². The first-order valence-electron chi connectivity index (χ1n) is 18.9. The van der Waals surface area contributed by atoms with Crippen LogP contribution in [0.2, 0.25) is 0 Å². The van der Waals surface area contributed by atoms with Crippen molar-refractivity contribution in [3.8, 4) is 0 Å². The summed E-state index contributed by atoms with van der Waals surface area (Å²) in [5, 5.41) is 0. The van der Waals surface area contributed by atoms with E-state index in [0.717, 1.165) is 38.5 Å². The number of hydrogen-bond acceptors (Lipinski definition) is 7. The van der Waals surface area contributed by atoms with Crippen molar-refractivity contribution in [2.45, 2.75) is 142 Å². The van der Waals surface area contributed by atoms with E-state index in [0.29, 0.717) is 24.1 Å². The summed E-state index contributed by atoms with van der Waals surface area (Å²) in [5.74, 6) is -0.415. The van der Waals surface area contributed by atoms with Crippen LogP contribution in [0.25, 0.3) is 0 Å². The molecule has 8 nitrogen and oxygen atoms in total. The number of phosphoric ester groups is 1. The molecule has 0 aliphatic rings. The molecule has 0 rings (SSSR count). The number of hydrogen-bond donors (Lipinski definition) is 0. The van der Waals surface area contributed by atoms with Gasteiger partial charge in [-0.15, -0.1) is 0 Å². The average molecular weight is 698 g/mol. The number of ether oxygens (including phenoxy) is 2. The van der Waals surface area contributed by atoms with Crippen LogP contribution in [0.5, 0.6) is 0 Å². The summed E-state index contributed by atoms with van der Waals surface area (Å²) >= 11 is 0. The predicted molar refractivity (Wildman–Crippen MR) is 199 cm³/mol. The molecule has 0 fully saturated rings. The van der Waals surface area contributed by atoms with Crippen molar-refractivity contribution in [1.29, 1.82) is 0 Å². The lowest BCUT2D eigenvalue weighted by Gasteiger charge is -2.28. The molecule has 0 aliphatic heterocycles. The van der Waals surface area contributed by atoms with Gasteiger partial charge in [0, 0.05) is 13.0 Å². The SMILES string of the molecule is CC/C=C\C/C=C\C/C=C\C/C=C\CCC(=O)OC(COCCCCCCCCCCCCCCC)COP(=O)([O-])OCC[N+](C)(C)C. The highest BCUT2D eigenvalue weighted by Crippen LogP contribution is 2.38. The highest BCUT2D eigenvalue weighted by molar-refractivity contribution is 7.45. The number of carbonyl (C=O) groups is 1. The van der Waals surface area contributed by atoms with Crippen molar-refractivity contribution in [2.75, 3.05) is 54.1 Å². The number of allylic oxidation sites excluding steroid dienone is 8. The van der Waals surface area contributed by atoms with Gasteiger partial charge in [0.25, 0.3) is 7.82 Å². The lowest BCUT2D eigenvalue weighted by atomic mass is 10.0. The fourth-order valence-electron chi connectivity index (χ4n) is 4.73. The molecule has 0 spiro atoms. The van der Waals surface area contributed by atoms with Crippen LogP contribution in [0.1, 0.15) is 136 Å². The number of quaternary nitrogens is 1. The highest BCUT2D eigenvalue weighted by Gasteiger charge is 2.20. The van der Waals surface area contributed by atoms with Crippen LogP contribution in [0.4, 0.5) is 0 Å². The summed E-state index contributed by atoms with van der Waals surface area (Å²) in [6, 6.07) is 0. The molecule has 0 aromatic heterocycles. The second-order valence-corrected chi connectivity index (χ2v) is 15.0. The third-order valence-electron chi connectivity index (χ3n) is 7.66. The summed E-state index contributed by atoms with van der Waals surface area (Å²) in [5.41, 5.74) is 0. The van der Waals surface area contributed by atoms with Crippen molar-refractivity contribution in [3.05, 3.63) is 48.6 Å². The summed E-state index contributed by atoms with van der Waals surface area (Å²) in [6.07, 6.45) is 37.1. The normalized spacial score (nSPS) is 14.5. The Hall–Kier alpha value is -1.54. The first-order valence-corrected chi connectivity index (χ1v) is 20.3. The number of rotatable bonds is 34. The molecule has 0 aliphatic carbocycles. The Morgan fingerprint density at radius 1 is 0.667 bits per heavy atom. The van der Waals surface area contributed by atoms with E-state index in [1.807, 2.05) is 33.3 Å². The van der Waals surface area contributed by atoms with E-state index < -0.39 is 19.9 Å². The molecule has 2 atom stereocenters. The van der Waals surface area contributed by atoms with Gasteiger partial charge in [-0.2, -0.15) is 0 Å². The Morgan fingerprint density at radius 2 is 1.17 bits per heavy atom. The molecule has 0 aromatic rings. The molecule has 0 saturated carbocycles. The van der Waals surface area contributed by atoms with Crippen LogP contribution in [0.15, 0.2) is 48.6 Å². The fraction of sp³-hybridized carbons (Fsp3) is 0.769. The quantitative estimate of drug-likeness (QED) is 0.0217. The number of likely N-dealkylation sites (N-methyl/N-ethyl adjacent to an activating group) is 1. The van der Waals surface area contributed by atoms with E-state index in [1.54, 1.807) is 0 Å². The lowest BCUT2D eigenvalue weighted by Crippen LogP contribution is -2.37. The highest BCUT2D eigenvalue weighted by atomic mass is 31.2. The van der Waals surface area contributed by atoms with Crippen LogP contribution in [-0.2, 0) is 27.9 Å². The molecule has 0 aromatic carbocycles. The van der Waals surface area contributed by atoms with Gasteiger partial charge in [-0.1, -0.05) is 140 Å². The molecule has 0 radical (unpaired) electrons. The molecule has 280 valence electrons. The molecular formula is C39H72NO7P. The summed E-state index contributed by atoms with van der Waals surface area (Å²) in [7, 11) is 1.31. The maximum Gasteiger partial charge on any atom is 0.306 e. The Balaban J connectivity index is 4.42. The van der Waals surface area contributed by atoms with Crippen molar-refractivity contribution in [1.82, 2.24) is 0 Å². The third kappa shape index (κ3) is 35.8. The summed E-state index contributed by atoms with van der Waals surface area (Å²) < 4.78 is 34.3. The zero-order chi connectivity index (χ0) is 35.6. The fourth-order valence-corrected chi connectivity index (χ4v) is 5.46. The molecule has 0 bridgehead atoms. The Morgan fingerprint density at radius 3 is 1.69 bits per heavy atom. The van der Waals surface area contributed by atoms with Crippen LogP contribution < -0.4 is 4.89 Å². The number of esters is 1. The Kier molecular flexibility index (Phi) is 31.6. The molecule has 9 heteroatoms. The smallest absolute Gasteiger partial charge is 0.306 e. The van der Waals surface area contributed by atoms with Crippen molar-refractivity contribution < 1.29 is 37.3 Å². The predicted octanol–water partition coefficient (Wildman–Crippen LogP) is 9.80. The van der Waals surface area contributed by atoms with Crippen LogP contribution in [0, 0.1) is 0 Å². The molecule has 0 N–H and O–H groups in total. The minimum absolute atomic E-state index is 0.0130. The van der Waals surface area contributed by atoms with Gasteiger partial charge in [0.05, 0.1) is 34.4 Å². The van der Waals surface area contributed by atoms with Crippen LogP contribution in [0.3, 0.4) is 0 Å². The van der Waals surface area contributed by atoms with E-state index in [9.17, 15) is 14.3 Å². The van der Waals surface area contributed by atoms with E-state index >= 15 is 0 Å². The standard InChI is InChI=1S/C39H72NO7P/c1-6-8-10-12-14-16-18-20-22-24-26-28-30-32-39(41)47-38(37-46-48(42,43)45-35-33-40(3,4)5)36-44-34-31-29-27-25-23-21-19-17-15-13-11-9-7-2/h8,10,14,16,20,22,26,28,38H,6-7,9,11-13,15,17-19,21,23-25,27,29-37H2,1-5H3/b10-8-,16-14-,22-20-,28-26-. The number of carbonyl (C=O) groups excluding carboxylic acids is 1. The van der Waals surface area contributed by atoms with Crippen LogP contribution >= 0.6 is 7.82 Å². The molecule has 0 saturated heterocycles. The molecule has 2 unspecified atom stereocenters. The topological polar surface area (TPSA) is 94.1 Å². The maximum absolute atomic E-state index is 12.5. The van der Waals surface area contributed by atoms with Gasteiger partial charge in [-0.3, -0.25) is 9.36 Å². The van der Waals surface area contributed by atoms with Gasteiger partial charge in [-0.05, 0) is 38.5 Å². The zero-order valence-corrected chi connectivity index (χ0v) is 32.3. The maximum atomic E-state index is 12.5. The number of unbranched alkanes of at least 4 members (excludes halogenated alkanes) is 12. The molecular weight excluding hydrogens is 625 g/mol. The number of nitrogens with zero attached hydrogens (tertiary/aromatic N) is 1. The minimum Gasteiger partial charge on any atom is -0.756 e. The van der Waals surface area contributed by atoms with E-state index in [2.05, 4.69) is 50.3 Å². The third-order valence-corrected chi connectivity index (χ3v) is 8.62. The first-order chi connectivity index (χ1) is 23.1. The summed E-state index contributed by atoms with van der Waals surface area (Å²) in [4.78, 5) is 24.9. The van der Waals surface area contributed by atoms with Crippen LogP contribution in [-0.4, -0.2) is 70.7 Å². The second kappa shape index (κ2) is 32.7. The van der Waals surface area contributed by atoms with Gasteiger partial charge in [0.15, 0.2) is 0 Å². The monoisotopic (exact) mass is 698 g/mol. The van der Waals surface area contributed by atoms with Crippen molar-refractivity contribution in [3.63, 3.8) is 0 Å². The number of phosphoric acid groups is 1. The van der Waals surface area contributed by atoms with E-state index in [-0.39, 0.29) is 26.2 Å². The van der Waals surface area contributed by atoms with Gasteiger partial charge in [0.2, 0.25) is 0 Å². The Bertz CT molecular complexity index is 911. The van der Waals surface area contributed by atoms with Crippen molar-refractivity contribution >= 4 is 13.8 Å². The van der Waals surface area contributed by atoms with Gasteiger partial charge >= 0.3 is 5.97 Å². The average Bonchev–Trinajstić information content (AvgIpc) is 3.03. The van der Waals surface area contributed by atoms with Crippen molar-refractivity contribution in [2.24, 2.45) is 0 Å². The second-order valence-electron chi connectivity index (χ2n) is 13.6. The van der Waals surface area contributed by atoms with Gasteiger partial charge in [0.1, 0.15) is 19.3 Å². The van der Waals surface area contributed by atoms with E-state index in [1.165, 1.54) is 70.6 Å². The molecule has 48 heavy (non-hydrogen) atoms. The largest absolute Gasteiger partial charge is 0.756 e.